The average molecular weight is 320 g/mol. The van der Waals surface area contributed by atoms with Crippen LogP contribution in [0, 0.1) is 11.3 Å². The van der Waals surface area contributed by atoms with Crippen LogP contribution in [0.4, 0.5) is 0 Å². The molecule has 0 amide bonds. The van der Waals surface area contributed by atoms with Crippen molar-refractivity contribution in [2.24, 2.45) is 11.3 Å². The Hall–Kier alpha value is -1.89. The van der Waals surface area contributed by atoms with Gasteiger partial charge in [0.2, 0.25) is 0 Å². The predicted octanol–water partition coefficient (Wildman–Crippen LogP) is 6.04. The fourth-order valence-electron chi connectivity index (χ4n) is 4.25. The van der Waals surface area contributed by atoms with Crippen LogP contribution in [0.25, 0.3) is 0 Å². The molecule has 1 fully saturated rings. The van der Waals surface area contributed by atoms with E-state index < -0.39 is 0 Å². The number of hydrogen-bond acceptors (Lipinski definition) is 1. The van der Waals surface area contributed by atoms with Crippen molar-refractivity contribution in [1.82, 2.24) is 0 Å². The molecule has 0 aliphatic heterocycles. The normalized spacial score (nSPS) is 24.5. The van der Waals surface area contributed by atoms with E-state index >= 15 is 0 Å². The first kappa shape index (κ1) is 17.0. The summed E-state index contributed by atoms with van der Waals surface area (Å²) in [5.74, 6) is 0.986. The maximum Gasteiger partial charge on any atom is 0.173 e. The Kier molecular flexibility index (Phi) is 4.62. The number of ketones is 1. The van der Waals surface area contributed by atoms with Crippen LogP contribution in [-0.2, 0) is 5.41 Å². The summed E-state index contributed by atoms with van der Waals surface area (Å²) in [6.45, 7) is 6.98. The predicted molar refractivity (Wildman–Crippen MR) is 100 cm³/mol. The molecule has 24 heavy (non-hydrogen) atoms. The van der Waals surface area contributed by atoms with Crippen LogP contribution >= 0.6 is 0 Å². The average Bonchev–Trinajstić information content (AvgIpc) is 2.62. The van der Waals surface area contributed by atoms with Gasteiger partial charge >= 0.3 is 0 Å². The molecule has 3 rings (SSSR count). The van der Waals surface area contributed by atoms with Crippen molar-refractivity contribution in [3.63, 3.8) is 0 Å². The zero-order chi connectivity index (χ0) is 17.2. The molecule has 1 aliphatic carbocycles. The molecule has 0 saturated heterocycles. The molecule has 0 spiro atoms. The van der Waals surface area contributed by atoms with Crippen LogP contribution in [0.5, 0.6) is 0 Å². The molecule has 1 nitrogen and oxygen atoms in total. The standard InChI is InChI=1S/C23H28O/c1-22(2,3)19-14-16-23(17-15-19,20-12-8-5-9-13-20)21(24)18-10-6-4-7-11-18/h4-13,19H,14-17H2,1-3H3. The largest absolute Gasteiger partial charge is 0.293 e. The Labute approximate surface area is 146 Å². The van der Waals surface area contributed by atoms with Gasteiger partial charge in [-0.15, -0.1) is 0 Å². The number of hydrogen-bond donors (Lipinski definition) is 0. The zero-order valence-corrected chi connectivity index (χ0v) is 15.1. The van der Waals surface area contributed by atoms with Crippen LogP contribution < -0.4 is 0 Å². The van der Waals surface area contributed by atoms with Crippen molar-refractivity contribution < 1.29 is 4.79 Å². The van der Waals surface area contributed by atoms with E-state index in [9.17, 15) is 4.79 Å². The summed E-state index contributed by atoms with van der Waals surface area (Å²) in [6.07, 6.45) is 4.15. The van der Waals surface area contributed by atoms with Gasteiger partial charge in [-0.1, -0.05) is 81.4 Å². The summed E-state index contributed by atoms with van der Waals surface area (Å²) in [5.41, 5.74) is 1.99. The van der Waals surface area contributed by atoms with Crippen LogP contribution in [-0.4, -0.2) is 5.78 Å². The summed E-state index contributed by atoms with van der Waals surface area (Å²) < 4.78 is 0. The maximum atomic E-state index is 13.5. The lowest BCUT2D eigenvalue weighted by Crippen LogP contribution is -2.41. The van der Waals surface area contributed by atoms with Gasteiger partial charge in [-0.3, -0.25) is 4.79 Å². The molecule has 0 bridgehead atoms. The molecule has 0 heterocycles. The molecular weight excluding hydrogens is 292 g/mol. The van der Waals surface area contributed by atoms with Crippen LogP contribution in [0.2, 0.25) is 0 Å². The number of carbonyl (C=O) groups is 1. The van der Waals surface area contributed by atoms with Gasteiger partial charge in [0.1, 0.15) is 0 Å². The summed E-state index contributed by atoms with van der Waals surface area (Å²) >= 11 is 0. The Balaban J connectivity index is 1.97. The van der Waals surface area contributed by atoms with E-state index in [1.165, 1.54) is 5.56 Å². The highest BCUT2D eigenvalue weighted by Crippen LogP contribution is 2.48. The van der Waals surface area contributed by atoms with Crippen LogP contribution in [0.15, 0.2) is 60.7 Å². The molecule has 1 saturated carbocycles. The molecule has 0 aromatic heterocycles. The van der Waals surface area contributed by atoms with E-state index in [0.717, 1.165) is 31.2 Å². The number of benzene rings is 2. The van der Waals surface area contributed by atoms with Crippen molar-refractivity contribution in [2.45, 2.75) is 51.9 Å². The van der Waals surface area contributed by atoms with E-state index in [2.05, 4.69) is 45.0 Å². The minimum Gasteiger partial charge on any atom is -0.293 e. The lowest BCUT2D eigenvalue weighted by molar-refractivity contribution is 0.0744. The van der Waals surface area contributed by atoms with E-state index in [1.54, 1.807) is 0 Å². The van der Waals surface area contributed by atoms with Gasteiger partial charge in [-0.05, 0) is 42.6 Å². The Morgan fingerprint density at radius 2 is 1.38 bits per heavy atom. The van der Waals surface area contributed by atoms with Gasteiger partial charge in [0.25, 0.3) is 0 Å². The van der Waals surface area contributed by atoms with Gasteiger partial charge in [-0.25, -0.2) is 0 Å². The first-order valence-electron chi connectivity index (χ1n) is 9.09. The summed E-state index contributed by atoms with van der Waals surface area (Å²) in [4.78, 5) is 13.5. The monoisotopic (exact) mass is 320 g/mol. The molecule has 2 aromatic carbocycles. The van der Waals surface area contributed by atoms with E-state index in [0.29, 0.717) is 17.1 Å². The first-order chi connectivity index (χ1) is 11.4. The lowest BCUT2D eigenvalue weighted by atomic mass is 9.59. The van der Waals surface area contributed by atoms with Crippen molar-refractivity contribution >= 4 is 5.78 Å². The lowest BCUT2D eigenvalue weighted by Gasteiger charge is -2.43. The quantitative estimate of drug-likeness (QED) is 0.630. The minimum atomic E-state index is -0.357. The Morgan fingerprint density at radius 3 is 1.88 bits per heavy atom. The Bertz CT molecular complexity index is 671. The third kappa shape index (κ3) is 3.17. The Morgan fingerprint density at radius 1 is 0.875 bits per heavy atom. The summed E-state index contributed by atoms with van der Waals surface area (Å²) in [7, 11) is 0. The fourth-order valence-corrected chi connectivity index (χ4v) is 4.25. The molecule has 126 valence electrons. The second-order valence-corrected chi connectivity index (χ2v) is 8.28. The molecule has 1 heteroatoms. The van der Waals surface area contributed by atoms with Gasteiger partial charge in [0.15, 0.2) is 5.78 Å². The van der Waals surface area contributed by atoms with E-state index in [-0.39, 0.29) is 5.41 Å². The van der Waals surface area contributed by atoms with Gasteiger partial charge < -0.3 is 0 Å². The highest BCUT2D eigenvalue weighted by atomic mass is 16.1. The molecule has 0 N–H and O–H groups in total. The molecule has 0 radical (unpaired) electrons. The second-order valence-electron chi connectivity index (χ2n) is 8.28. The maximum absolute atomic E-state index is 13.5. The molecule has 1 aliphatic rings. The SMILES string of the molecule is CC(C)(C)C1CCC(C(=O)c2ccccc2)(c2ccccc2)CC1. The van der Waals surface area contributed by atoms with Crippen LogP contribution in [0.1, 0.15) is 62.4 Å². The van der Waals surface area contributed by atoms with Crippen molar-refractivity contribution in [2.75, 3.05) is 0 Å². The first-order valence-corrected chi connectivity index (χ1v) is 9.09. The molecule has 0 unspecified atom stereocenters. The molecule has 0 atom stereocenters. The highest BCUT2D eigenvalue weighted by Gasteiger charge is 2.45. The summed E-state index contributed by atoms with van der Waals surface area (Å²) in [6, 6.07) is 20.3. The zero-order valence-electron chi connectivity index (χ0n) is 15.1. The van der Waals surface area contributed by atoms with Crippen LogP contribution in [0.3, 0.4) is 0 Å². The minimum absolute atomic E-state index is 0.293. The van der Waals surface area contributed by atoms with Crippen molar-refractivity contribution in [3.05, 3.63) is 71.8 Å². The number of rotatable bonds is 3. The third-order valence-electron chi connectivity index (χ3n) is 5.86. The second kappa shape index (κ2) is 6.55. The van der Waals surface area contributed by atoms with Gasteiger partial charge in [0, 0.05) is 5.56 Å². The van der Waals surface area contributed by atoms with Gasteiger partial charge in [0.05, 0.1) is 5.41 Å². The van der Waals surface area contributed by atoms with Crippen molar-refractivity contribution in [3.8, 4) is 0 Å². The van der Waals surface area contributed by atoms with Crippen molar-refractivity contribution in [1.29, 1.82) is 0 Å². The van der Waals surface area contributed by atoms with E-state index in [4.69, 9.17) is 0 Å². The number of carbonyl (C=O) groups excluding carboxylic acids is 1. The third-order valence-corrected chi connectivity index (χ3v) is 5.86. The summed E-state index contributed by atoms with van der Waals surface area (Å²) in [5, 5.41) is 0. The fraction of sp³-hybridized carbons (Fsp3) is 0.435. The smallest absolute Gasteiger partial charge is 0.173 e. The highest BCUT2D eigenvalue weighted by molar-refractivity contribution is 6.04. The molecular formula is C23H28O. The topological polar surface area (TPSA) is 17.1 Å². The molecule has 2 aromatic rings. The number of Topliss-reactive ketones (excluding diaryl/α,β-unsaturated/α-hetero) is 1. The van der Waals surface area contributed by atoms with E-state index in [1.807, 2.05) is 36.4 Å². The van der Waals surface area contributed by atoms with Gasteiger partial charge in [-0.2, -0.15) is 0 Å².